The van der Waals surface area contributed by atoms with Gasteiger partial charge in [-0.3, -0.25) is 4.79 Å². The van der Waals surface area contributed by atoms with Gasteiger partial charge in [0, 0.05) is 18.7 Å². The van der Waals surface area contributed by atoms with Gasteiger partial charge in [-0.05, 0) is 49.9 Å². The number of aromatic nitrogens is 2. The number of aryl methyl sites for hydroxylation is 1. The highest BCUT2D eigenvalue weighted by molar-refractivity contribution is 6.07. The molecule has 0 bridgehead atoms. The molecule has 2 aliphatic rings. The maximum atomic E-state index is 13.4. The highest BCUT2D eigenvalue weighted by Crippen LogP contribution is 2.36. The van der Waals surface area contributed by atoms with Crippen LogP contribution < -0.4 is 9.47 Å². The summed E-state index contributed by atoms with van der Waals surface area (Å²) in [6, 6.07) is 7.47. The van der Waals surface area contributed by atoms with Gasteiger partial charge in [-0.15, -0.1) is 0 Å². The van der Waals surface area contributed by atoms with Crippen molar-refractivity contribution in [1.29, 1.82) is 0 Å². The Morgan fingerprint density at radius 2 is 2.07 bits per heavy atom. The van der Waals surface area contributed by atoms with Crippen LogP contribution in [0.2, 0.25) is 0 Å². The first-order chi connectivity index (χ1) is 13.6. The fourth-order valence-electron chi connectivity index (χ4n) is 4.01. The van der Waals surface area contributed by atoms with E-state index in [9.17, 15) is 4.79 Å². The van der Waals surface area contributed by atoms with Crippen molar-refractivity contribution in [2.75, 3.05) is 19.9 Å². The van der Waals surface area contributed by atoms with Crippen molar-refractivity contribution in [2.24, 2.45) is 5.92 Å². The third kappa shape index (κ3) is 2.78. The molecule has 4 heterocycles. The Labute approximate surface area is 162 Å². The highest BCUT2D eigenvalue weighted by atomic mass is 16.7. The van der Waals surface area contributed by atoms with Crippen molar-refractivity contribution >= 4 is 17.0 Å². The lowest BCUT2D eigenvalue weighted by molar-refractivity contribution is 0.0685. The molecule has 1 unspecified atom stereocenters. The molecular weight excluding hydrogens is 358 g/mol. The topological polar surface area (TPSA) is 77.7 Å². The Morgan fingerprint density at radius 3 is 2.93 bits per heavy atom. The third-order valence-electron chi connectivity index (χ3n) is 5.46. The number of amides is 1. The first-order valence-electron chi connectivity index (χ1n) is 9.56. The molecule has 0 N–H and O–H groups in total. The molecule has 3 aromatic rings. The van der Waals surface area contributed by atoms with E-state index < -0.39 is 0 Å². The summed E-state index contributed by atoms with van der Waals surface area (Å²) in [5, 5.41) is 4.73. The van der Waals surface area contributed by atoms with E-state index in [1.165, 1.54) is 0 Å². The molecule has 2 aliphatic heterocycles. The molecule has 1 fully saturated rings. The van der Waals surface area contributed by atoms with Crippen LogP contribution in [0.1, 0.15) is 35.8 Å². The molecule has 7 nitrogen and oxygen atoms in total. The molecule has 28 heavy (non-hydrogen) atoms. The molecule has 1 amide bonds. The number of nitrogens with zero attached hydrogens (tertiary/aromatic N) is 3. The SMILES string of the molecule is Cc1noc2nc(-c3ccc4c(c3)OCO4)cc(C(=O)N3CCCC(C)C3)c12. The largest absolute Gasteiger partial charge is 0.454 e. The summed E-state index contributed by atoms with van der Waals surface area (Å²) in [5.74, 6) is 1.89. The molecule has 0 radical (unpaired) electrons. The second-order valence-corrected chi connectivity index (χ2v) is 7.57. The van der Waals surface area contributed by atoms with Gasteiger partial charge in [0.05, 0.1) is 22.3 Å². The van der Waals surface area contributed by atoms with E-state index in [-0.39, 0.29) is 12.7 Å². The van der Waals surface area contributed by atoms with Crippen LogP contribution >= 0.6 is 0 Å². The monoisotopic (exact) mass is 379 g/mol. The maximum Gasteiger partial charge on any atom is 0.259 e. The van der Waals surface area contributed by atoms with Crippen molar-refractivity contribution in [3.63, 3.8) is 0 Å². The zero-order valence-corrected chi connectivity index (χ0v) is 15.9. The van der Waals surface area contributed by atoms with E-state index in [1.54, 1.807) is 0 Å². The molecule has 0 spiro atoms. The summed E-state index contributed by atoms with van der Waals surface area (Å²) in [5.41, 5.74) is 3.12. The predicted molar refractivity (Wildman–Crippen MR) is 102 cm³/mol. The second kappa shape index (κ2) is 6.51. The summed E-state index contributed by atoms with van der Waals surface area (Å²) in [4.78, 5) is 19.9. The smallest absolute Gasteiger partial charge is 0.259 e. The quantitative estimate of drug-likeness (QED) is 0.674. The van der Waals surface area contributed by atoms with E-state index in [0.29, 0.717) is 45.5 Å². The summed E-state index contributed by atoms with van der Waals surface area (Å²) >= 11 is 0. The molecule has 2 aromatic heterocycles. The van der Waals surface area contributed by atoms with Gasteiger partial charge in [-0.1, -0.05) is 12.1 Å². The Bertz CT molecular complexity index is 1070. The fourth-order valence-corrected chi connectivity index (χ4v) is 4.01. The number of hydrogen-bond acceptors (Lipinski definition) is 6. The number of carbonyl (C=O) groups is 1. The molecule has 144 valence electrons. The fraction of sp³-hybridized carbons (Fsp3) is 0.381. The second-order valence-electron chi connectivity index (χ2n) is 7.57. The summed E-state index contributed by atoms with van der Waals surface area (Å²) in [6.07, 6.45) is 2.18. The number of piperidine rings is 1. The number of ether oxygens (including phenoxy) is 2. The lowest BCUT2D eigenvalue weighted by Crippen LogP contribution is -2.39. The summed E-state index contributed by atoms with van der Waals surface area (Å²) < 4.78 is 16.3. The minimum absolute atomic E-state index is 0.00671. The normalized spacial score (nSPS) is 18.6. The molecule has 0 saturated carbocycles. The van der Waals surface area contributed by atoms with Crippen molar-refractivity contribution in [3.8, 4) is 22.8 Å². The summed E-state index contributed by atoms with van der Waals surface area (Å²) in [7, 11) is 0. The van der Waals surface area contributed by atoms with Crippen LogP contribution in [-0.4, -0.2) is 40.8 Å². The standard InChI is InChI=1S/C21H21N3O4/c1-12-4-3-7-24(10-12)21(25)15-9-16(22-20-19(15)13(2)23-28-20)14-5-6-17-18(8-14)27-11-26-17/h5-6,8-9,12H,3-4,7,10-11H2,1-2H3. The van der Waals surface area contributed by atoms with Crippen LogP contribution in [-0.2, 0) is 0 Å². The minimum Gasteiger partial charge on any atom is -0.454 e. The molecular formula is C21H21N3O4. The Kier molecular flexibility index (Phi) is 3.96. The van der Waals surface area contributed by atoms with Crippen LogP contribution in [0.4, 0.5) is 0 Å². The van der Waals surface area contributed by atoms with Crippen molar-refractivity contribution in [3.05, 3.63) is 35.5 Å². The zero-order chi connectivity index (χ0) is 19.3. The molecule has 5 rings (SSSR count). The van der Waals surface area contributed by atoms with Gasteiger partial charge in [-0.25, -0.2) is 4.98 Å². The Morgan fingerprint density at radius 1 is 1.21 bits per heavy atom. The third-order valence-corrected chi connectivity index (χ3v) is 5.46. The number of fused-ring (bicyclic) bond motifs is 2. The molecule has 1 saturated heterocycles. The van der Waals surface area contributed by atoms with Gasteiger partial charge in [0.15, 0.2) is 11.5 Å². The number of likely N-dealkylation sites (tertiary alicyclic amines) is 1. The van der Waals surface area contributed by atoms with Crippen molar-refractivity contribution < 1.29 is 18.8 Å². The van der Waals surface area contributed by atoms with Crippen LogP contribution in [0.3, 0.4) is 0 Å². The minimum atomic E-state index is 0.00671. The van der Waals surface area contributed by atoms with Crippen LogP contribution in [0.15, 0.2) is 28.8 Å². The van der Waals surface area contributed by atoms with Gasteiger partial charge >= 0.3 is 0 Å². The average Bonchev–Trinajstić information content (AvgIpc) is 3.33. The molecule has 0 aliphatic carbocycles. The number of pyridine rings is 1. The summed E-state index contributed by atoms with van der Waals surface area (Å²) in [6.45, 7) is 5.78. The van der Waals surface area contributed by atoms with Crippen molar-refractivity contribution in [2.45, 2.75) is 26.7 Å². The van der Waals surface area contributed by atoms with Gasteiger partial charge in [-0.2, -0.15) is 0 Å². The van der Waals surface area contributed by atoms with E-state index in [2.05, 4.69) is 17.1 Å². The average molecular weight is 379 g/mol. The Hall–Kier alpha value is -3.09. The van der Waals surface area contributed by atoms with E-state index in [4.69, 9.17) is 14.0 Å². The Balaban J connectivity index is 1.61. The molecule has 1 aromatic carbocycles. The number of benzene rings is 1. The van der Waals surface area contributed by atoms with Gasteiger partial charge < -0.3 is 18.9 Å². The van der Waals surface area contributed by atoms with Crippen molar-refractivity contribution in [1.82, 2.24) is 15.0 Å². The van der Waals surface area contributed by atoms with Crippen LogP contribution in [0, 0.1) is 12.8 Å². The molecule has 1 atom stereocenters. The van der Waals surface area contributed by atoms with Gasteiger partial charge in [0.2, 0.25) is 6.79 Å². The predicted octanol–water partition coefficient (Wildman–Crippen LogP) is 3.80. The highest BCUT2D eigenvalue weighted by Gasteiger charge is 2.27. The van der Waals surface area contributed by atoms with Crippen LogP contribution in [0.5, 0.6) is 11.5 Å². The van der Waals surface area contributed by atoms with Gasteiger partial charge in [0.25, 0.3) is 11.6 Å². The van der Waals surface area contributed by atoms with E-state index in [1.807, 2.05) is 36.1 Å². The zero-order valence-electron chi connectivity index (χ0n) is 15.9. The number of carbonyl (C=O) groups excluding carboxylic acids is 1. The number of rotatable bonds is 2. The van der Waals surface area contributed by atoms with Gasteiger partial charge in [0.1, 0.15) is 0 Å². The first kappa shape index (κ1) is 17.0. The van der Waals surface area contributed by atoms with Crippen LogP contribution in [0.25, 0.3) is 22.4 Å². The molecule has 7 heteroatoms. The van der Waals surface area contributed by atoms with E-state index >= 15 is 0 Å². The van der Waals surface area contributed by atoms with E-state index in [0.717, 1.165) is 31.5 Å². The lowest BCUT2D eigenvalue weighted by Gasteiger charge is -2.31. The lowest BCUT2D eigenvalue weighted by atomic mass is 9.98. The number of hydrogen-bond donors (Lipinski definition) is 0. The maximum absolute atomic E-state index is 13.4. The first-order valence-corrected chi connectivity index (χ1v) is 9.56.